The number of hydrogen-bond acceptors (Lipinski definition) is 6. The smallest absolute Gasteiger partial charge is 0.329 e. The van der Waals surface area contributed by atoms with E-state index in [0.29, 0.717) is 12.5 Å². The minimum Gasteiger partial charge on any atom is -0.371 e. The Morgan fingerprint density at radius 2 is 1.74 bits per heavy atom. The third-order valence-corrected chi connectivity index (χ3v) is 6.84. The zero-order valence-electron chi connectivity index (χ0n) is 18.0. The van der Waals surface area contributed by atoms with Gasteiger partial charge in [-0.15, -0.1) is 0 Å². The second kappa shape index (κ2) is 7.80. The zero-order valence-corrected chi connectivity index (χ0v) is 18.0. The number of amides is 2. The number of likely N-dealkylation sites (tertiary alicyclic amines) is 1. The normalized spacial score (nSPS) is 23.9. The fourth-order valence-electron chi connectivity index (χ4n) is 5.02. The Labute approximate surface area is 180 Å². The van der Waals surface area contributed by atoms with Gasteiger partial charge in [-0.3, -0.25) is 24.0 Å². The summed E-state index contributed by atoms with van der Waals surface area (Å²) in [6, 6.07) is 5.14. The third-order valence-electron chi connectivity index (χ3n) is 6.84. The van der Waals surface area contributed by atoms with Gasteiger partial charge in [-0.1, -0.05) is 6.07 Å². The van der Waals surface area contributed by atoms with Crippen LogP contribution in [0.1, 0.15) is 31.7 Å². The number of nitrogens with zero attached hydrogens (tertiary/aromatic N) is 4. The van der Waals surface area contributed by atoms with E-state index >= 15 is 0 Å². The fraction of sp³-hybridized carbons (Fsp3) is 0.591. The molecular weight excluding hydrogens is 398 g/mol. The molecule has 4 heterocycles. The van der Waals surface area contributed by atoms with Gasteiger partial charge in [0.05, 0.1) is 28.9 Å². The number of fused-ring (bicyclic) bond motifs is 1. The Morgan fingerprint density at radius 3 is 2.45 bits per heavy atom. The van der Waals surface area contributed by atoms with Crippen molar-refractivity contribution in [2.75, 3.05) is 38.1 Å². The lowest BCUT2D eigenvalue weighted by molar-refractivity contribution is -0.135. The van der Waals surface area contributed by atoms with Gasteiger partial charge in [-0.25, -0.2) is 4.79 Å². The predicted octanol–water partition coefficient (Wildman–Crippen LogP) is 0.617. The summed E-state index contributed by atoms with van der Waals surface area (Å²) in [6.07, 6.45) is 3.26. The fourth-order valence-corrected chi connectivity index (χ4v) is 5.02. The molecule has 9 nitrogen and oxygen atoms in total. The Morgan fingerprint density at radius 1 is 1.00 bits per heavy atom. The number of rotatable bonds is 4. The van der Waals surface area contributed by atoms with E-state index in [2.05, 4.69) is 22.2 Å². The van der Waals surface area contributed by atoms with Gasteiger partial charge in [0.2, 0.25) is 11.8 Å². The average molecular weight is 428 g/mol. The minimum atomic E-state index is -0.666. The van der Waals surface area contributed by atoms with Crippen LogP contribution >= 0.6 is 0 Å². The number of anilines is 1. The molecule has 3 aliphatic rings. The molecule has 0 spiro atoms. The maximum absolute atomic E-state index is 13.1. The number of benzene rings is 1. The van der Waals surface area contributed by atoms with Crippen molar-refractivity contribution in [1.82, 2.24) is 19.4 Å². The molecule has 1 atom stereocenters. The molecule has 31 heavy (non-hydrogen) atoms. The number of imide groups is 1. The molecule has 3 aliphatic heterocycles. The van der Waals surface area contributed by atoms with Crippen LogP contribution in [0, 0.1) is 0 Å². The van der Waals surface area contributed by atoms with Gasteiger partial charge in [-0.2, -0.15) is 0 Å². The standard InChI is InChI=1S/C22H29N5O4/c1-24-10-8-14(9-11-24)31-15-12-26(13-15)16-4-3-5-17-20(16)25(2)22(30)27(17)18-6-7-19(28)23-21(18)29/h3-5,14-15,18H,6-13H2,1-2H3,(H,23,28,29). The minimum absolute atomic E-state index is 0.206. The Hall–Kier alpha value is -2.65. The van der Waals surface area contributed by atoms with E-state index in [1.54, 1.807) is 11.6 Å². The van der Waals surface area contributed by atoms with E-state index in [4.69, 9.17) is 4.74 Å². The van der Waals surface area contributed by atoms with Crippen LogP contribution in [-0.4, -0.2) is 71.3 Å². The van der Waals surface area contributed by atoms with E-state index in [1.807, 2.05) is 18.2 Å². The maximum atomic E-state index is 13.1. The van der Waals surface area contributed by atoms with Crippen molar-refractivity contribution in [3.8, 4) is 0 Å². The van der Waals surface area contributed by atoms with Gasteiger partial charge in [0, 0.05) is 39.6 Å². The molecule has 0 bridgehead atoms. The van der Waals surface area contributed by atoms with Crippen molar-refractivity contribution in [2.24, 2.45) is 7.05 Å². The SMILES string of the molecule is CN1CCC(OC2CN(c3cccc4c3n(C)c(=O)n4C3CCC(=O)NC3=O)C2)CC1. The van der Waals surface area contributed by atoms with E-state index in [-0.39, 0.29) is 24.1 Å². The lowest BCUT2D eigenvalue weighted by Gasteiger charge is -2.43. The first-order chi connectivity index (χ1) is 14.9. The van der Waals surface area contributed by atoms with Crippen LogP contribution in [0.25, 0.3) is 11.0 Å². The Balaban J connectivity index is 1.37. The lowest BCUT2D eigenvalue weighted by Crippen LogP contribution is -2.54. The number of imidazole rings is 1. The third kappa shape index (κ3) is 3.55. The van der Waals surface area contributed by atoms with Crippen LogP contribution < -0.4 is 15.9 Å². The van der Waals surface area contributed by atoms with Crippen molar-refractivity contribution < 1.29 is 14.3 Å². The Kier molecular flexibility index (Phi) is 5.10. The predicted molar refractivity (Wildman–Crippen MR) is 116 cm³/mol. The highest BCUT2D eigenvalue weighted by Gasteiger charge is 2.35. The van der Waals surface area contributed by atoms with E-state index < -0.39 is 11.9 Å². The number of para-hydroxylation sites is 1. The molecule has 1 aromatic carbocycles. The Bertz CT molecular complexity index is 1080. The molecule has 1 N–H and O–H groups in total. The summed E-state index contributed by atoms with van der Waals surface area (Å²) < 4.78 is 9.44. The van der Waals surface area contributed by atoms with Gasteiger partial charge in [0.1, 0.15) is 6.04 Å². The summed E-state index contributed by atoms with van der Waals surface area (Å²) in [5.41, 5.74) is 2.28. The molecule has 3 saturated heterocycles. The second-order valence-electron chi connectivity index (χ2n) is 8.99. The monoisotopic (exact) mass is 427 g/mol. The van der Waals surface area contributed by atoms with Crippen LogP contribution in [0.2, 0.25) is 0 Å². The topological polar surface area (TPSA) is 88.8 Å². The number of nitrogens with one attached hydrogen (secondary N) is 1. The molecule has 166 valence electrons. The maximum Gasteiger partial charge on any atom is 0.329 e. The number of aromatic nitrogens is 2. The molecule has 0 aliphatic carbocycles. The van der Waals surface area contributed by atoms with Crippen molar-refractivity contribution in [3.63, 3.8) is 0 Å². The van der Waals surface area contributed by atoms with E-state index in [9.17, 15) is 14.4 Å². The first kappa shape index (κ1) is 20.3. The van der Waals surface area contributed by atoms with Crippen LogP contribution in [0.5, 0.6) is 0 Å². The highest BCUT2D eigenvalue weighted by atomic mass is 16.5. The molecule has 0 saturated carbocycles. The molecule has 1 unspecified atom stereocenters. The first-order valence-corrected chi connectivity index (χ1v) is 11.0. The van der Waals surface area contributed by atoms with Gasteiger partial charge in [0.25, 0.3) is 0 Å². The van der Waals surface area contributed by atoms with Crippen molar-refractivity contribution in [2.45, 2.75) is 43.9 Å². The number of hydrogen-bond donors (Lipinski definition) is 1. The molecule has 1 aromatic heterocycles. The molecular formula is C22H29N5O4. The number of piperidine rings is 2. The highest BCUT2D eigenvalue weighted by Crippen LogP contribution is 2.33. The number of carbonyl (C=O) groups excluding carboxylic acids is 2. The summed E-state index contributed by atoms with van der Waals surface area (Å²) >= 11 is 0. The van der Waals surface area contributed by atoms with Gasteiger partial charge in [0.15, 0.2) is 0 Å². The molecule has 3 fully saturated rings. The van der Waals surface area contributed by atoms with Crippen molar-refractivity contribution in [3.05, 3.63) is 28.7 Å². The van der Waals surface area contributed by atoms with Gasteiger partial charge >= 0.3 is 5.69 Å². The summed E-state index contributed by atoms with van der Waals surface area (Å²) in [6.45, 7) is 3.75. The van der Waals surface area contributed by atoms with Crippen LogP contribution in [0.4, 0.5) is 5.69 Å². The first-order valence-electron chi connectivity index (χ1n) is 11.0. The summed E-state index contributed by atoms with van der Waals surface area (Å²) in [5.74, 6) is -0.696. The van der Waals surface area contributed by atoms with Crippen LogP contribution in [0.3, 0.4) is 0 Å². The quantitative estimate of drug-likeness (QED) is 0.720. The zero-order chi connectivity index (χ0) is 21.7. The van der Waals surface area contributed by atoms with E-state index in [0.717, 1.165) is 55.7 Å². The largest absolute Gasteiger partial charge is 0.371 e. The molecule has 2 amide bonds. The number of aryl methyl sites for hydroxylation is 1. The summed E-state index contributed by atoms with van der Waals surface area (Å²) in [5, 5.41) is 2.36. The highest BCUT2D eigenvalue weighted by molar-refractivity contribution is 6.00. The molecule has 2 aromatic rings. The van der Waals surface area contributed by atoms with Gasteiger partial charge < -0.3 is 14.5 Å². The van der Waals surface area contributed by atoms with Crippen LogP contribution in [-0.2, 0) is 21.4 Å². The van der Waals surface area contributed by atoms with Crippen molar-refractivity contribution in [1.29, 1.82) is 0 Å². The molecule has 0 radical (unpaired) electrons. The second-order valence-corrected chi connectivity index (χ2v) is 8.99. The summed E-state index contributed by atoms with van der Waals surface area (Å²) in [7, 11) is 3.88. The van der Waals surface area contributed by atoms with Gasteiger partial charge in [-0.05, 0) is 38.4 Å². The van der Waals surface area contributed by atoms with Crippen LogP contribution in [0.15, 0.2) is 23.0 Å². The number of carbonyl (C=O) groups is 2. The molecule has 5 rings (SSSR count). The summed E-state index contributed by atoms with van der Waals surface area (Å²) in [4.78, 5) is 41.6. The average Bonchev–Trinajstić information content (AvgIpc) is 2.97. The van der Waals surface area contributed by atoms with E-state index in [1.165, 1.54) is 4.57 Å². The van der Waals surface area contributed by atoms with Crippen molar-refractivity contribution >= 4 is 28.5 Å². The number of ether oxygens (including phenoxy) is 1. The lowest BCUT2D eigenvalue weighted by atomic mass is 10.0. The molecule has 9 heteroatoms.